The van der Waals surface area contributed by atoms with Crippen molar-refractivity contribution in [2.45, 2.75) is 63.7 Å². The van der Waals surface area contributed by atoms with E-state index < -0.39 is 24.5 Å². The molecule has 2 saturated heterocycles. The number of hydrogen-bond acceptors (Lipinski definition) is 11. The first-order valence-corrected chi connectivity index (χ1v) is 14.1. The van der Waals surface area contributed by atoms with Crippen LogP contribution in [0.15, 0.2) is 47.2 Å². The van der Waals surface area contributed by atoms with Gasteiger partial charge >= 0.3 is 0 Å². The number of piperidine rings is 1. The molecule has 3 aromatic heterocycles. The van der Waals surface area contributed by atoms with Crippen molar-refractivity contribution in [3.05, 3.63) is 59.7 Å². The van der Waals surface area contributed by atoms with Crippen molar-refractivity contribution in [3.8, 4) is 0 Å². The van der Waals surface area contributed by atoms with E-state index in [0.717, 1.165) is 30.9 Å². The minimum absolute atomic E-state index is 0.371. The number of hydrogen-bond donors (Lipinski definition) is 4. The predicted octanol–water partition coefficient (Wildman–Crippen LogP) is 2.88. The summed E-state index contributed by atoms with van der Waals surface area (Å²) in [5, 5.41) is 32.6. The number of aliphatic hydroxyl groups excluding tert-OH is 2. The molecule has 12 nitrogen and oxygen atoms in total. The number of ether oxygens (including phenoxy) is 1. The van der Waals surface area contributed by atoms with Gasteiger partial charge in [0.25, 0.3) is 0 Å². The van der Waals surface area contributed by atoms with Gasteiger partial charge in [0.1, 0.15) is 18.3 Å². The van der Waals surface area contributed by atoms with Crippen LogP contribution in [0.2, 0.25) is 0 Å². The largest absolute Gasteiger partial charge is 0.387 e. The summed E-state index contributed by atoms with van der Waals surface area (Å²) in [7, 11) is 0. The molecule has 40 heavy (non-hydrogen) atoms. The molecule has 0 bridgehead atoms. The molecule has 1 aromatic carbocycles. The second-order valence-electron chi connectivity index (χ2n) is 10.4. The number of aromatic nitrogens is 5. The number of nitrogens with one attached hydrogen (secondary N) is 2. The van der Waals surface area contributed by atoms with Crippen molar-refractivity contribution in [1.29, 1.82) is 0 Å². The number of fused-ring (bicyclic) bond motifs is 1. The number of imidazole rings is 1. The quantitative estimate of drug-likeness (QED) is 0.232. The third-order valence-corrected chi connectivity index (χ3v) is 7.62. The van der Waals surface area contributed by atoms with Crippen LogP contribution in [0.5, 0.6) is 0 Å². The van der Waals surface area contributed by atoms with Gasteiger partial charge in [-0.3, -0.25) is 4.57 Å². The van der Waals surface area contributed by atoms with Crippen LogP contribution in [0.3, 0.4) is 0 Å². The fourth-order valence-corrected chi connectivity index (χ4v) is 5.35. The highest BCUT2D eigenvalue weighted by atomic mass is 16.6. The van der Waals surface area contributed by atoms with Crippen LogP contribution in [-0.2, 0) is 17.7 Å². The van der Waals surface area contributed by atoms with Gasteiger partial charge in [-0.2, -0.15) is 9.97 Å². The average Bonchev–Trinajstić information content (AvgIpc) is 3.71. The maximum atomic E-state index is 11.0. The van der Waals surface area contributed by atoms with E-state index in [9.17, 15) is 10.2 Å². The van der Waals surface area contributed by atoms with E-state index in [1.54, 1.807) is 17.0 Å². The third kappa shape index (κ3) is 5.52. The molecule has 0 amide bonds. The first-order valence-electron chi connectivity index (χ1n) is 14.1. The fourth-order valence-electron chi connectivity index (χ4n) is 5.35. The lowest BCUT2D eigenvalue weighted by Crippen LogP contribution is -2.34. The molecule has 0 saturated carbocycles. The number of aliphatic hydroxyl groups is 2. The van der Waals surface area contributed by atoms with Crippen LogP contribution in [0.1, 0.15) is 55.5 Å². The molecule has 4 N–H and O–H groups in total. The Morgan fingerprint density at radius 3 is 2.62 bits per heavy atom. The first-order chi connectivity index (χ1) is 19.6. The molecule has 2 unspecified atom stereocenters. The minimum atomic E-state index is -1.23. The van der Waals surface area contributed by atoms with Gasteiger partial charge in [0, 0.05) is 25.7 Å². The molecule has 6 rings (SSSR count). The number of anilines is 2. The Kier molecular flexibility index (Phi) is 7.91. The van der Waals surface area contributed by atoms with Gasteiger partial charge in [0.05, 0.1) is 12.0 Å². The summed E-state index contributed by atoms with van der Waals surface area (Å²) in [6, 6.07) is 11.8. The maximum absolute atomic E-state index is 11.0. The van der Waals surface area contributed by atoms with Crippen molar-refractivity contribution < 1.29 is 19.5 Å². The lowest BCUT2D eigenvalue weighted by molar-refractivity contribution is -0.0434. The molecule has 0 spiro atoms. The number of nitrogens with zero attached hydrogens (tertiary/aromatic N) is 6. The van der Waals surface area contributed by atoms with Gasteiger partial charge < -0.3 is 35.0 Å². The molecule has 12 heteroatoms. The lowest BCUT2D eigenvalue weighted by Gasteiger charge is -2.26. The van der Waals surface area contributed by atoms with E-state index in [1.807, 2.05) is 37.3 Å². The summed E-state index contributed by atoms with van der Waals surface area (Å²) < 4.78 is 13.2. The van der Waals surface area contributed by atoms with Gasteiger partial charge in [0.15, 0.2) is 29.0 Å². The normalized spacial score (nSPS) is 23.6. The van der Waals surface area contributed by atoms with E-state index in [4.69, 9.17) is 19.2 Å². The average molecular weight is 549 g/mol. The number of rotatable bonds is 10. The Labute approximate surface area is 232 Å². The van der Waals surface area contributed by atoms with E-state index in [0.29, 0.717) is 48.2 Å². The Morgan fingerprint density at radius 2 is 1.85 bits per heavy atom. The van der Waals surface area contributed by atoms with Crippen molar-refractivity contribution in [3.63, 3.8) is 0 Å². The predicted molar refractivity (Wildman–Crippen MR) is 149 cm³/mol. The molecular formula is C28H36N8O4. The summed E-state index contributed by atoms with van der Waals surface area (Å²) in [4.78, 5) is 16.5. The van der Waals surface area contributed by atoms with E-state index in [1.165, 1.54) is 19.3 Å². The van der Waals surface area contributed by atoms with Crippen LogP contribution in [0.4, 0.5) is 11.8 Å². The summed E-state index contributed by atoms with van der Waals surface area (Å²) >= 11 is 0. The van der Waals surface area contributed by atoms with Gasteiger partial charge in [-0.15, -0.1) is 0 Å². The van der Waals surface area contributed by atoms with Crippen LogP contribution in [-0.4, -0.2) is 78.2 Å². The summed E-state index contributed by atoms with van der Waals surface area (Å²) in [5.41, 5.74) is 2.88. The smallest absolute Gasteiger partial charge is 0.226 e. The van der Waals surface area contributed by atoms with E-state index in [2.05, 4.69) is 25.7 Å². The van der Waals surface area contributed by atoms with Gasteiger partial charge in [-0.05, 0) is 37.9 Å². The van der Waals surface area contributed by atoms with Crippen LogP contribution in [0.25, 0.3) is 11.2 Å². The third-order valence-electron chi connectivity index (χ3n) is 7.62. The highest BCUT2D eigenvalue weighted by molar-refractivity contribution is 5.84. The van der Waals surface area contributed by atoms with Crippen LogP contribution in [0, 0.1) is 0 Å². The van der Waals surface area contributed by atoms with Crippen molar-refractivity contribution in [1.82, 2.24) is 29.6 Å². The van der Waals surface area contributed by atoms with Crippen molar-refractivity contribution in [2.75, 3.05) is 36.8 Å². The zero-order chi connectivity index (χ0) is 27.5. The molecule has 212 valence electrons. The van der Waals surface area contributed by atoms with Gasteiger partial charge in [-0.25, -0.2) is 4.98 Å². The molecule has 0 radical (unpaired) electrons. The maximum Gasteiger partial charge on any atom is 0.226 e. The van der Waals surface area contributed by atoms with Crippen LogP contribution < -0.4 is 10.6 Å². The highest BCUT2D eigenvalue weighted by Crippen LogP contribution is 2.40. The number of aryl methyl sites for hydroxylation is 1. The van der Waals surface area contributed by atoms with Crippen molar-refractivity contribution >= 4 is 22.9 Å². The topological polar surface area (TPSA) is 147 Å². The second-order valence-corrected chi connectivity index (χ2v) is 10.4. The molecule has 2 fully saturated rings. The molecule has 2 aliphatic rings. The monoisotopic (exact) mass is 548 g/mol. The molecule has 0 aliphatic carbocycles. The lowest BCUT2D eigenvalue weighted by atomic mass is 10.1. The molecular weight excluding hydrogens is 512 g/mol. The van der Waals surface area contributed by atoms with Gasteiger partial charge in [-0.1, -0.05) is 48.8 Å². The minimum Gasteiger partial charge on any atom is -0.387 e. The van der Waals surface area contributed by atoms with Crippen molar-refractivity contribution in [2.24, 2.45) is 0 Å². The fraction of sp³-hybridized carbons (Fsp3) is 0.500. The SMILES string of the molecule is CCc1cc(C2O[C@@H](n3cnc4c(NCc5ccccc5)nc(NCCN5CCCCC5)nc43)[C@H](O)C2O)on1. The Hall–Kier alpha value is -3.58. The number of benzene rings is 1. The van der Waals surface area contributed by atoms with Crippen LogP contribution >= 0.6 is 0 Å². The summed E-state index contributed by atoms with van der Waals surface area (Å²) in [6.45, 7) is 6.36. The van der Waals surface area contributed by atoms with Gasteiger partial charge in [0.2, 0.25) is 5.95 Å². The number of likely N-dealkylation sites (tertiary alicyclic amines) is 1. The molecule has 2 aliphatic heterocycles. The Balaban J connectivity index is 1.27. The zero-order valence-corrected chi connectivity index (χ0v) is 22.6. The Morgan fingerprint density at radius 1 is 1.02 bits per heavy atom. The zero-order valence-electron chi connectivity index (χ0n) is 22.6. The highest BCUT2D eigenvalue weighted by Gasteiger charge is 2.47. The van der Waals surface area contributed by atoms with E-state index in [-0.39, 0.29) is 0 Å². The second kappa shape index (κ2) is 11.9. The molecule has 5 heterocycles. The molecule has 4 aromatic rings. The standard InChI is InChI=1S/C28H36N8O4/c1-2-19-15-20(40-34-19)24-22(37)23(38)27(39-24)36-17-31-21-25(30-16-18-9-5-3-6-10-18)32-28(33-26(21)36)29-11-14-35-12-7-4-8-13-35/h3,5-6,9-10,15,17,22-24,27,37-38H,2,4,7-8,11-14,16H2,1H3,(H2,29,30,32,33)/t22?,23-,24?,27-/m1/s1. The van der Waals surface area contributed by atoms with E-state index >= 15 is 0 Å². The Bertz CT molecular complexity index is 1400. The molecule has 4 atom stereocenters. The summed E-state index contributed by atoms with van der Waals surface area (Å²) in [5.74, 6) is 1.39. The summed E-state index contributed by atoms with van der Waals surface area (Å²) in [6.07, 6.45) is 1.77. The first kappa shape index (κ1) is 26.6.